The van der Waals surface area contributed by atoms with Crippen LogP contribution in [0.1, 0.15) is 16.2 Å². The Labute approximate surface area is 139 Å². The summed E-state index contributed by atoms with van der Waals surface area (Å²) in [6.45, 7) is 1.62. The molecule has 1 aromatic carbocycles. The molecule has 0 aliphatic rings. The lowest BCUT2D eigenvalue weighted by atomic mass is 10.2. The van der Waals surface area contributed by atoms with Crippen LogP contribution in [-0.2, 0) is 10.0 Å². The van der Waals surface area contributed by atoms with Gasteiger partial charge < -0.3 is 4.52 Å². The van der Waals surface area contributed by atoms with E-state index in [1.54, 1.807) is 31.2 Å². The summed E-state index contributed by atoms with van der Waals surface area (Å²) < 4.78 is 32.1. The van der Waals surface area contributed by atoms with Gasteiger partial charge in [-0.1, -0.05) is 23.4 Å². The quantitative estimate of drug-likeness (QED) is 0.730. The van der Waals surface area contributed by atoms with E-state index < -0.39 is 15.9 Å². The van der Waals surface area contributed by atoms with Crippen molar-refractivity contribution in [2.45, 2.75) is 11.8 Å². The highest BCUT2D eigenvalue weighted by Gasteiger charge is 2.26. The number of hydrogen-bond donors (Lipinski definition) is 1. The van der Waals surface area contributed by atoms with Crippen LogP contribution in [0.3, 0.4) is 0 Å². The largest absolute Gasteiger partial charge is 0.349 e. The summed E-state index contributed by atoms with van der Waals surface area (Å²) in [5.41, 5.74) is 0.725. The molecule has 7 nitrogen and oxygen atoms in total. The predicted molar refractivity (Wildman–Crippen MR) is 85.3 cm³/mol. The van der Waals surface area contributed by atoms with Crippen molar-refractivity contribution in [1.29, 1.82) is 0 Å². The molecule has 3 rings (SSSR count). The molecule has 0 bridgehead atoms. The highest BCUT2D eigenvalue weighted by Crippen LogP contribution is 2.23. The van der Waals surface area contributed by atoms with Crippen molar-refractivity contribution in [3.8, 4) is 0 Å². The number of nitrogens with one attached hydrogen (secondary N) is 1. The summed E-state index contributed by atoms with van der Waals surface area (Å²) >= 11 is 3.13. The van der Waals surface area contributed by atoms with E-state index >= 15 is 0 Å². The summed E-state index contributed by atoms with van der Waals surface area (Å²) in [6.07, 6.45) is 1.49. The maximum atomic E-state index is 12.5. The number of rotatable bonds is 3. The van der Waals surface area contributed by atoms with E-state index in [9.17, 15) is 13.2 Å². The Morgan fingerprint density at radius 1 is 1.26 bits per heavy atom. The standard InChI is InChI=1S/C14H10BrN3O4S/c1-8-11(15)13(22-17-8)14(19)18-23(20,21)10-6-2-4-9-5-3-7-16-12(9)10/h2-7H,1H3,(H,18,19). The number of sulfonamides is 1. The van der Waals surface area contributed by atoms with E-state index in [1.807, 2.05) is 4.72 Å². The van der Waals surface area contributed by atoms with Gasteiger partial charge in [-0.2, -0.15) is 0 Å². The smallest absolute Gasteiger partial charge is 0.304 e. The molecule has 0 radical (unpaired) electrons. The zero-order chi connectivity index (χ0) is 16.6. The Kier molecular flexibility index (Phi) is 3.90. The summed E-state index contributed by atoms with van der Waals surface area (Å²) in [5, 5.41) is 4.25. The lowest BCUT2D eigenvalue weighted by Gasteiger charge is -2.07. The monoisotopic (exact) mass is 395 g/mol. The van der Waals surface area contributed by atoms with Gasteiger partial charge in [0.1, 0.15) is 4.90 Å². The maximum absolute atomic E-state index is 12.5. The molecule has 2 aromatic heterocycles. The van der Waals surface area contributed by atoms with Crippen molar-refractivity contribution in [2.24, 2.45) is 0 Å². The van der Waals surface area contributed by atoms with Crippen molar-refractivity contribution in [3.63, 3.8) is 0 Å². The van der Waals surface area contributed by atoms with Crippen LogP contribution in [0.5, 0.6) is 0 Å². The van der Waals surface area contributed by atoms with Crippen molar-refractivity contribution in [1.82, 2.24) is 14.9 Å². The number of benzene rings is 1. The molecular weight excluding hydrogens is 386 g/mol. The average molecular weight is 396 g/mol. The fourth-order valence-electron chi connectivity index (χ4n) is 2.02. The molecule has 0 unspecified atom stereocenters. The first-order chi connectivity index (χ1) is 10.9. The molecule has 0 spiro atoms. The van der Waals surface area contributed by atoms with Crippen LogP contribution in [-0.4, -0.2) is 24.5 Å². The zero-order valence-corrected chi connectivity index (χ0v) is 14.2. The van der Waals surface area contributed by atoms with Gasteiger partial charge in [0.2, 0.25) is 5.76 Å². The van der Waals surface area contributed by atoms with Crippen LogP contribution in [0.15, 0.2) is 50.4 Å². The van der Waals surface area contributed by atoms with Crippen LogP contribution in [0.25, 0.3) is 10.9 Å². The van der Waals surface area contributed by atoms with Gasteiger partial charge in [0, 0.05) is 11.6 Å². The molecule has 23 heavy (non-hydrogen) atoms. The normalized spacial score (nSPS) is 11.6. The second-order valence-electron chi connectivity index (χ2n) is 4.68. The molecule has 3 aromatic rings. The summed E-state index contributed by atoms with van der Waals surface area (Å²) in [7, 11) is -4.11. The Morgan fingerprint density at radius 3 is 2.70 bits per heavy atom. The third kappa shape index (κ3) is 2.84. The van der Waals surface area contributed by atoms with Gasteiger partial charge in [-0.05, 0) is 35.0 Å². The van der Waals surface area contributed by atoms with Crippen molar-refractivity contribution >= 4 is 42.8 Å². The molecule has 0 aliphatic carbocycles. The number of pyridine rings is 1. The highest BCUT2D eigenvalue weighted by atomic mass is 79.9. The number of amides is 1. The Morgan fingerprint density at radius 2 is 2.00 bits per heavy atom. The third-order valence-corrected chi connectivity index (χ3v) is 5.41. The molecule has 2 heterocycles. The molecule has 0 atom stereocenters. The minimum Gasteiger partial charge on any atom is -0.349 e. The number of hydrogen-bond acceptors (Lipinski definition) is 6. The Balaban J connectivity index is 2.01. The van der Waals surface area contributed by atoms with Gasteiger partial charge in [0.05, 0.1) is 15.7 Å². The zero-order valence-electron chi connectivity index (χ0n) is 11.8. The number of para-hydroxylation sites is 1. The first-order valence-electron chi connectivity index (χ1n) is 6.43. The highest BCUT2D eigenvalue weighted by molar-refractivity contribution is 9.10. The fourth-order valence-corrected chi connectivity index (χ4v) is 3.47. The molecule has 1 N–H and O–H groups in total. The molecule has 9 heteroatoms. The molecular formula is C14H10BrN3O4S. The fraction of sp³-hybridized carbons (Fsp3) is 0.0714. The summed E-state index contributed by atoms with van der Waals surface area (Å²) in [5.74, 6) is -1.12. The van der Waals surface area contributed by atoms with Crippen LogP contribution in [0, 0.1) is 6.92 Å². The van der Waals surface area contributed by atoms with Crippen molar-refractivity contribution in [3.05, 3.63) is 52.5 Å². The van der Waals surface area contributed by atoms with E-state index in [2.05, 4.69) is 26.1 Å². The lowest BCUT2D eigenvalue weighted by molar-refractivity contribution is 0.0944. The van der Waals surface area contributed by atoms with E-state index in [4.69, 9.17) is 4.52 Å². The van der Waals surface area contributed by atoms with E-state index in [0.29, 0.717) is 15.6 Å². The van der Waals surface area contributed by atoms with Gasteiger partial charge in [0.25, 0.3) is 10.0 Å². The van der Waals surface area contributed by atoms with Crippen molar-refractivity contribution < 1.29 is 17.7 Å². The first-order valence-corrected chi connectivity index (χ1v) is 8.70. The second kappa shape index (κ2) is 5.74. The van der Waals surface area contributed by atoms with Gasteiger partial charge in [0.15, 0.2) is 0 Å². The second-order valence-corrected chi connectivity index (χ2v) is 7.12. The van der Waals surface area contributed by atoms with E-state index in [0.717, 1.165) is 0 Å². The molecule has 0 saturated carbocycles. The van der Waals surface area contributed by atoms with E-state index in [1.165, 1.54) is 12.3 Å². The third-order valence-electron chi connectivity index (χ3n) is 3.11. The van der Waals surface area contributed by atoms with Gasteiger partial charge >= 0.3 is 5.91 Å². The maximum Gasteiger partial charge on any atom is 0.304 e. The SMILES string of the molecule is Cc1noc(C(=O)NS(=O)(=O)c2cccc3cccnc23)c1Br. The molecule has 0 aliphatic heterocycles. The van der Waals surface area contributed by atoms with Crippen LogP contribution >= 0.6 is 15.9 Å². The minimum absolute atomic E-state index is 0.0868. The lowest BCUT2D eigenvalue weighted by Crippen LogP contribution is -2.30. The number of fused-ring (bicyclic) bond motifs is 1. The van der Waals surface area contributed by atoms with Gasteiger partial charge in [-0.15, -0.1) is 0 Å². The van der Waals surface area contributed by atoms with Crippen LogP contribution in [0.2, 0.25) is 0 Å². The molecule has 0 fully saturated rings. The van der Waals surface area contributed by atoms with Crippen molar-refractivity contribution in [2.75, 3.05) is 0 Å². The molecule has 0 saturated heterocycles. The molecule has 118 valence electrons. The van der Waals surface area contributed by atoms with E-state index in [-0.39, 0.29) is 16.2 Å². The van der Waals surface area contributed by atoms with Gasteiger partial charge in [-0.3, -0.25) is 9.78 Å². The topological polar surface area (TPSA) is 102 Å². The van der Waals surface area contributed by atoms with Gasteiger partial charge in [-0.25, -0.2) is 13.1 Å². The average Bonchev–Trinajstić information content (AvgIpc) is 2.86. The number of carbonyl (C=O) groups is 1. The van der Waals surface area contributed by atoms with Crippen LogP contribution in [0.4, 0.5) is 0 Å². The summed E-state index contributed by atoms with van der Waals surface area (Å²) in [4.78, 5) is 16.1. The number of nitrogens with zero attached hydrogens (tertiary/aromatic N) is 2. The first kappa shape index (κ1) is 15.6. The number of aromatic nitrogens is 2. The molecule has 1 amide bonds. The minimum atomic E-state index is -4.11. The Hall–Kier alpha value is -2.26. The predicted octanol–water partition coefficient (Wildman–Crippen LogP) is 2.41. The van der Waals surface area contributed by atoms with Crippen LogP contribution < -0.4 is 4.72 Å². The summed E-state index contributed by atoms with van der Waals surface area (Å²) in [6, 6.07) is 8.13. The number of aryl methyl sites for hydroxylation is 1. The number of carbonyl (C=O) groups excluding carboxylic acids is 1. The Bertz CT molecular complexity index is 1010. The number of halogens is 1.